The molecule has 0 fully saturated rings. The van der Waals surface area contributed by atoms with Gasteiger partial charge in [0.15, 0.2) is 0 Å². The van der Waals surface area contributed by atoms with Crippen LogP contribution in [0.3, 0.4) is 0 Å². The van der Waals surface area contributed by atoms with Gasteiger partial charge in [-0.05, 0) is 57.4 Å². The first-order valence-electron chi connectivity index (χ1n) is 11.0. The molecule has 180 valence electrons. The highest BCUT2D eigenvalue weighted by molar-refractivity contribution is 7.99. The molecular weight excluding hydrogens is 452 g/mol. The van der Waals surface area contributed by atoms with E-state index in [1.807, 2.05) is 62.4 Å². The van der Waals surface area contributed by atoms with E-state index in [4.69, 9.17) is 9.15 Å². The number of hydrogen-bond acceptors (Lipinski definition) is 7. The molecule has 0 spiro atoms. The lowest BCUT2D eigenvalue weighted by atomic mass is 10.1. The Balaban J connectivity index is 1.65. The first-order chi connectivity index (χ1) is 16.1. The Kier molecular flexibility index (Phi) is 8.33. The number of rotatable bonds is 8. The summed E-state index contributed by atoms with van der Waals surface area (Å²) >= 11 is 1.13. The molecule has 1 heterocycles. The molecule has 1 aromatic heterocycles. The molecule has 0 aliphatic heterocycles. The second kappa shape index (κ2) is 11.2. The summed E-state index contributed by atoms with van der Waals surface area (Å²) in [6.45, 7) is 9.30. The van der Waals surface area contributed by atoms with Crippen molar-refractivity contribution in [1.82, 2.24) is 15.5 Å². The lowest BCUT2D eigenvalue weighted by molar-refractivity contribution is -0.113. The number of thioether (sulfide) groups is 1. The molecule has 0 saturated carbocycles. The number of nitrogens with zero attached hydrogens (tertiary/aromatic N) is 2. The average Bonchev–Trinajstić information content (AvgIpc) is 3.23. The van der Waals surface area contributed by atoms with Crippen molar-refractivity contribution >= 4 is 29.4 Å². The molecule has 0 aliphatic carbocycles. The summed E-state index contributed by atoms with van der Waals surface area (Å²) in [5.41, 5.74) is 3.18. The minimum Gasteiger partial charge on any atom is -0.444 e. The Hall–Kier alpha value is -3.33. The smallest absolute Gasteiger partial charge is 0.408 e. The molecular formula is C25H30N4O4S. The third-order valence-corrected chi connectivity index (χ3v) is 5.51. The quantitative estimate of drug-likeness (QED) is 0.424. The van der Waals surface area contributed by atoms with Crippen LogP contribution in [0.2, 0.25) is 0 Å². The summed E-state index contributed by atoms with van der Waals surface area (Å²) in [6, 6.07) is 15.0. The van der Waals surface area contributed by atoms with Crippen molar-refractivity contribution in [2.75, 3.05) is 11.1 Å². The van der Waals surface area contributed by atoms with Crippen LogP contribution in [0.1, 0.15) is 49.4 Å². The number of aromatic nitrogens is 2. The number of carbonyl (C=O) groups is 2. The molecule has 0 radical (unpaired) electrons. The fourth-order valence-corrected chi connectivity index (χ4v) is 3.67. The van der Waals surface area contributed by atoms with Crippen LogP contribution in [0.4, 0.5) is 10.5 Å². The van der Waals surface area contributed by atoms with Crippen molar-refractivity contribution < 1.29 is 18.7 Å². The fraction of sp³-hybridized carbons (Fsp3) is 0.360. The van der Waals surface area contributed by atoms with Gasteiger partial charge in [0, 0.05) is 12.1 Å². The van der Waals surface area contributed by atoms with E-state index < -0.39 is 17.7 Å². The Morgan fingerprint density at radius 2 is 1.82 bits per heavy atom. The maximum absolute atomic E-state index is 12.4. The molecule has 9 heteroatoms. The van der Waals surface area contributed by atoms with Gasteiger partial charge in [-0.3, -0.25) is 4.79 Å². The Morgan fingerprint density at radius 1 is 1.09 bits per heavy atom. The second-order valence-corrected chi connectivity index (χ2v) is 9.88. The molecule has 34 heavy (non-hydrogen) atoms. The van der Waals surface area contributed by atoms with E-state index in [0.717, 1.165) is 34.1 Å². The standard InChI is InChI=1S/C25H30N4O4S/c1-16-11-12-17(2)19(13-16)26-21(30)15-34-24-29-28-22(32-24)20(14-18-9-7-6-8-10-18)27-23(31)33-25(3,4)5/h6-13,20H,14-15H2,1-5H3,(H,26,30)(H,27,31). The van der Waals surface area contributed by atoms with Crippen molar-refractivity contribution in [3.05, 3.63) is 71.1 Å². The molecule has 0 bridgehead atoms. The highest BCUT2D eigenvalue weighted by atomic mass is 32.2. The van der Waals surface area contributed by atoms with E-state index in [1.165, 1.54) is 0 Å². The van der Waals surface area contributed by atoms with E-state index in [0.29, 0.717) is 6.42 Å². The molecule has 3 rings (SSSR count). The van der Waals surface area contributed by atoms with E-state index in [1.54, 1.807) is 20.8 Å². The lowest BCUT2D eigenvalue weighted by Gasteiger charge is -2.22. The maximum atomic E-state index is 12.4. The van der Waals surface area contributed by atoms with E-state index in [9.17, 15) is 9.59 Å². The molecule has 8 nitrogen and oxygen atoms in total. The Labute approximate surface area is 203 Å². The molecule has 0 saturated heterocycles. The highest BCUT2D eigenvalue weighted by Crippen LogP contribution is 2.24. The van der Waals surface area contributed by atoms with Crippen molar-refractivity contribution in [2.24, 2.45) is 0 Å². The van der Waals surface area contributed by atoms with Gasteiger partial charge in [-0.2, -0.15) is 0 Å². The minimum atomic E-state index is -0.639. The minimum absolute atomic E-state index is 0.109. The molecule has 2 aromatic carbocycles. The van der Waals surface area contributed by atoms with Crippen molar-refractivity contribution in [1.29, 1.82) is 0 Å². The van der Waals surface area contributed by atoms with Crippen LogP contribution in [0.15, 0.2) is 58.2 Å². The molecule has 2 N–H and O–H groups in total. The van der Waals surface area contributed by atoms with E-state index >= 15 is 0 Å². The van der Waals surface area contributed by atoms with Gasteiger partial charge in [-0.25, -0.2) is 4.79 Å². The van der Waals surface area contributed by atoms with Gasteiger partial charge in [0.1, 0.15) is 11.6 Å². The number of aryl methyl sites for hydroxylation is 2. The summed E-state index contributed by atoms with van der Waals surface area (Å²) in [4.78, 5) is 24.8. The summed E-state index contributed by atoms with van der Waals surface area (Å²) in [6.07, 6.45) is -0.131. The SMILES string of the molecule is Cc1ccc(C)c(NC(=O)CSc2nnc(C(Cc3ccccc3)NC(=O)OC(C)(C)C)o2)c1. The number of alkyl carbamates (subject to hydrolysis) is 1. The molecule has 0 aliphatic rings. The van der Waals surface area contributed by atoms with Crippen LogP contribution in [-0.2, 0) is 16.0 Å². The predicted octanol–water partition coefficient (Wildman–Crippen LogP) is 5.23. The largest absolute Gasteiger partial charge is 0.444 e. The molecule has 3 aromatic rings. The normalized spacial score (nSPS) is 12.1. The van der Waals surface area contributed by atoms with Crippen LogP contribution >= 0.6 is 11.8 Å². The lowest BCUT2D eigenvalue weighted by Crippen LogP contribution is -2.36. The zero-order valence-electron chi connectivity index (χ0n) is 20.0. The monoisotopic (exact) mass is 482 g/mol. The van der Waals surface area contributed by atoms with Crippen molar-refractivity contribution in [2.45, 2.75) is 57.9 Å². The summed E-state index contributed by atoms with van der Waals surface area (Å²) in [5, 5.41) is 14.1. The fourth-order valence-electron chi connectivity index (χ4n) is 3.10. The van der Waals surface area contributed by atoms with Gasteiger partial charge in [0.2, 0.25) is 11.8 Å². The molecule has 1 atom stereocenters. The number of benzene rings is 2. The number of hydrogen-bond donors (Lipinski definition) is 2. The van der Waals surface area contributed by atoms with Crippen LogP contribution < -0.4 is 10.6 Å². The van der Waals surface area contributed by atoms with Gasteiger partial charge in [0.25, 0.3) is 5.22 Å². The number of anilines is 1. The van der Waals surface area contributed by atoms with Gasteiger partial charge >= 0.3 is 6.09 Å². The van der Waals surface area contributed by atoms with Gasteiger partial charge in [-0.1, -0.05) is 54.2 Å². The van der Waals surface area contributed by atoms with Crippen LogP contribution in [0.5, 0.6) is 0 Å². The Bertz CT molecular complexity index is 1130. The third kappa shape index (κ3) is 7.91. The summed E-state index contributed by atoms with van der Waals surface area (Å²) in [7, 11) is 0. The first kappa shape index (κ1) is 25.3. The van der Waals surface area contributed by atoms with Crippen molar-refractivity contribution in [3.8, 4) is 0 Å². The summed E-state index contributed by atoms with van der Waals surface area (Å²) in [5.74, 6) is 0.177. The zero-order valence-corrected chi connectivity index (χ0v) is 20.9. The predicted molar refractivity (Wildman–Crippen MR) is 132 cm³/mol. The number of nitrogens with one attached hydrogen (secondary N) is 2. The number of amides is 2. The van der Waals surface area contributed by atoms with Crippen LogP contribution in [0.25, 0.3) is 0 Å². The number of ether oxygens (including phenoxy) is 1. The maximum Gasteiger partial charge on any atom is 0.408 e. The third-order valence-electron chi connectivity index (χ3n) is 4.69. The average molecular weight is 483 g/mol. The van der Waals surface area contributed by atoms with Crippen LogP contribution in [-0.4, -0.2) is 33.6 Å². The second-order valence-electron chi connectivity index (χ2n) is 8.95. The number of carbonyl (C=O) groups excluding carboxylic acids is 2. The van der Waals surface area contributed by atoms with E-state index in [2.05, 4.69) is 20.8 Å². The van der Waals surface area contributed by atoms with E-state index in [-0.39, 0.29) is 22.8 Å². The van der Waals surface area contributed by atoms with Gasteiger partial charge in [0.05, 0.1) is 5.75 Å². The van der Waals surface area contributed by atoms with Crippen LogP contribution in [0, 0.1) is 13.8 Å². The summed E-state index contributed by atoms with van der Waals surface area (Å²) < 4.78 is 11.2. The molecule has 1 unspecified atom stereocenters. The van der Waals surface area contributed by atoms with Gasteiger partial charge < -0.3 is 19.8 Å². The van der Waals surface area contributed by atoms with Crippen molar-refractivity contribution in [3.63, 3.8) is 0 Å². The topological polar surface area (TPSA) is 106 Å². The molecule has 2 amide bonds. The first-order valence-corrected chi connectivity index (χ1v) is 11.9. The zero-order chi connectivity index (χ0) is 24.7. The Morgan fingerprint density at radius 3 is 2.53 bits per heavy atom. The highest BCUT2D eigenvalue weighted by Gasteiger charge is 2.25. The van der Waals surface area contributed by atoms with Gasteiger partial charge in [-0.15, -0.1) is 10.2 Å².